The van der Waals surface area contributed by atoms with Gasteiger partial charge in [0.15, 0.2) is 0 Å². The van der Waals surface area contributed by atoms with Crippen LogP contribution in [0, 0.1) is 0 Å². The summed E-state index contributed by atoms with van der Waals surface area (Å²) in [7, 11) is 0. The van der Waals surface area contributed by atoms with Crippen molar-refractivity contribution >= 4 is 17.2 Å². The molecule has 23 heavy (non-hydrogen) atoms. The van der Waals surface area contributed by atoms with E-state index in [1.807, 2.05) is 18.2 Å². The largest absolute Gasteiger partial charge is 0.345 e. The fraction of sp³-hybridized carbons (Fsp3) is 0.444. The maximum Gasteiger partial charge on any atom is 0.263 e. The molecule has 2 saturated heterocycles. The molecule has 2 atom stereocenters. The molecule has 1 aromatic carbocycles. The Hall–Kier alpha value is -1.72. The van der Waals surface area contributed by atoms with Crippen LogP contribution in [0.3, 0.4) is 0 Å². The van der Waals surface area contributed by atoms with E-state index in [2.05, 4.69) is 27.3 Å². The molecule has 1 N–H and O–H groups in total. The smallest absolute Gasteiger partial charge is 0.263 e. The van der Waals surface area contributed by atoms with Crippen molar-refractivity contribution < 1.29 is 4.79 Å². The van der Waals surface area contributed by atoms with Crippen molar-refractivity contribution in [2.45, 2.75) is 31.2 Å². The third-order valence-corrected chi connectivity index (χ3v) is 5.91. The maximum atomic E-state index is 12.6. The van der Waals surface area contributed by atoms with Crippen LogP contribution in [0.4, 0.5) is 0 Å². The van der Waals surface area contributed by atoms with Gasteiger partial charge in [0.25, 0.3) is 5.91 Å². The molecule has 0 aliphatic carbocycles. The van der Waals surface area contributed by atoms with Crippen molar-refractivity contribution in [3.8, 4) is 0 Å². The van der Waals surface area contributed by atoms with Gasteiger partial charge in [0.2, 0.25) is 0 Å². The number of fused-ring (bicyclic) bond motifs is 2. The van der Waals surface area contributed by atoms with Gasteiger partial charge in [-0.1, -0.05) is 30.3 Å². The molecule has 2 unspecified atom stereocenters. The summed E-state index contributed by atoms with van der Waals surface area (Å²) in [5.74, 6) is 0.0468. The van der Waals surface area contributed by atoms with Crippen LogP contribution in [0.25, 0.3) is 0 Å². The van der Waals surface area contributed by atoms with Gasteiger partial charge >= 0.3 is 0 Å². The molecule has 2 fully saturated rings. The minimum Gasteiger partial charge on any atom is -0.345 e. The van der Waals surface area contributed by atoms with Gasteiger partial charge in [0, 0.05) is 19.5 Å². The number of thiazole rings is 1. The highest BCUT2D eigenvalue weighted by molar-refractivity contribution is 7.13. The molecule has 2 aliphatic heterocycles. The number of hydrogen-bond donors (Lipinski definition) is 1. The molecule has 0 spiro atoms. The van der Waals surface area contributed by atoms with Crippen molar-refractivity contribution in [1.82, 2.24) is 15.2 Å². The van der Waals surface area contributed by atoms with E-state index >= 15 is 0 Å². The lowest BCUT2D eigenvalue weighted by Crippen LogP contribution is -2.52. The molecule has 1 aromatic heterocycles. The zero-order valence-electron chi connectivity index (χ0n) is 13.1. The van der Waals surface area contributed by atoms with Crippen LogP contribution < -0.4 is 5.32 Å². The number of benzene rings is 1. The number of amides is 1. The summed E-state index contributed by atoms with van der Waals surface area (Å²) in [5.41, 5.74) is 1.23. The highest BCUT2D eigenvalue weighted by atomic mass is 32.1. The van der Waals surface area contributed by atoms with E-state index in [9.17, 15) is 4.79 Å². The van der Waals surface area contributed by atoms with Gasteiger partial charge < -0.3 is 10.2 Å². The van der Waals surface area contributed by atoms with Crippen molar-refractivity contribution in [3.63, 3.8) is 0 Å². The van der Waals surface area contributed by atoms with Crippen LogP contribution in [0.1, 0.15) is 39.5 Å². The molecule has 2 bridgehead atoms. The van der Waals surface area contributed by atoms with E-state index in [0.29, 0.717) is 0 Å². The average molecular weight is 327 g/mol. The van der Waals surface area contributed by atoms with Gasteiger partial charge in [-0.25, -0.2) is 4.98 Å². The molecule has 0 saturated carbocycles. The van der Waals surface area contributed by atoms with Crippen LogP contribution in [0.15, 0.2) is 36.5 Å². The third-order valence-electron chi connectivity index (χ3n) is 4.92. The number of piperidine rings is 1. The first-order chi connectivity index (χ1) is 11.2. The standard InChI is InChI=1S/C18H21N3OS/c22-17(20-18-7-4-9-21(13-18)10-8-18)15-12-19-16(23-15)11-14-5-2-1-3-6-14/h1-3,5-6,12H,4,7-11,13H2,(H,20,22). The quantitative estimate of drug-likeness (QED) is 0.939. The van der Waals surface area contributed by atoms with Gasteiger partial charge in [0.05, 0.1) is 16.7 Å². The first kappa shape index (κ1) is 14.8. The Morgan fingerprint density at radius 2 is 2.13 bits per heavy atom. The Kier molecular flexibility index (Phi) is 3.91. The van der Waals surface area contributed by atoms with Crippen LogP contribution >= 0.6 is 11.3 Å². The Morgan fingerprint density at radius 1 is 1.26 bits per heavy atom. The van der Waals surface area contributed by atoms with Crippen molar-refractivity contribution in [3.05, 3.63) is 52.0 Å². The lowest BCUT2D eigenvalue weighted by Gasteiger charge is -2.34. The number of aromatic nitrogens is 1. The summed E-state index contributed by atoms with van der Waals surface area (Å²) in [6.45, 7) is 3.30. The summed E-state index contributed by atoms with van der Waals surface area (Å²) >= 11 is 1.51. The highest BCUT2D eigenvalue weighted by Crippen LogP contribution is 2.31. The summed E-state index contributed by atoms with van der Waals surface area (Å²) in [4.78, 5) is 20.2. The average Bonchev–Trinajstić information content (AvgIpc) is 3.13. The van der Waals surface area contributed by atoms with Gasteiger partial charge in [-0.05, 0) is 31.4 Å². The molecule has 4 rings (SSSR count). The summed E-state index contributed by atoms with van der Waals surface area (Å²) in [6.07, 6.45) is 5.88. The maximum absolute atomic E-state index is 12.6. The van der Waals surface area contributed by atoms with Crippen LogP contribution in [0.5, 0.6) is 0 Å². The number of hydrogen-bond acceptors (Lipinski definition) is 4. The van der Waals surface area contributed by atoms with E-state index in [-0.39, 0.29) is 11.4 Å². The highest BCUT2D eigenvalue weighted by Gasteiger charge is 2.42. The van der Waals surface area contributed by atoms with Crippen molar-refractivity contribution in [2.24, 2.45) is 0 Å². The minimum absolute atomic E-state index is 0.00107. The summed E-state index contributed by atoms with van der Waals surface area (Å²) in [6, 6.07) is 10.3. The van der Waals surface area contributed by atoms with E-state index in [1.165, 1.54) is 29.9 Å². The molecule has 2 aliphatic rings. The number of nitrogens with zero attached hydrogens (tertiary/aromatic N) is 2. The van der Waals surface area contributed by atoms with Crippen LogP contribution in [-0.4, -0.2) is 41.0 Å². The SMILES string of the molecule is O=C(NC12CCCN(CC1)C2)c1cnc(Cc2ccccc2)s1. The normalized spacial score (nSPS) is 26.2. The lowest BCUT2D eigenvalue weighted by molar-refractivity contribution is 0.0881. The van der Waals surface area contributed by atoms with Gasteiger partial charge in [-0.3, -0.25) is 4.79 Å². The van der Waals surface area contributed by atoms with Gasteiger partial charge in [-0.15, -0.1) is 11.3 Å². The molecule has 4 nitrogen and oxygen atoms in total. The summed E-state index contributed by atoms with van der Waals surface area (Å²) in [5, 5.41) is 4.30. The second-order valence-electron chi connectivity index (χ2n) is 6.64. The molecule has 3 heterocycles. The van der Waals surface area contributed by atoms with E-state index in [4.69, 9.17) is 0 Å². The van der Waals surface area contributed by atoms with E-state index < -0.39 is 0 Å². The fourth-order valence-corrected chi connectivity index (χ4v) is 4.58. The molecule has 1 amide bonds. The molecule has 120 valence electrons. The Labute approximate surface area is 140 Å². The molecule has 5 heteroatoms. The monoisotopic (exact) mass is 327 g/mol. The van der Waals surface area contributed by atoms with Crippen molar-refractivity contribution in [2.75, 3.05) is 19.6 Å². The first-order valence-corrected chi connectivity index (χ1v) is 9.08. The molecule has 0 radical (unpaired) electrons. The molecule has 2 aromatic rings. The van der Waals surface area contributed by atoms with E-state index in [1.54, 1.807) is 6.20 Å². The molecular weight excluding hydrogens is 306 g/mol. The second-order valence-corrected chi connectivity index (χ2v) is 7.76. The fourth-order valence-electron chi connectivity index (χ4n) is 3.73. The molecular formula is C18H21N3OS. The zero-order valence-corrected chi connectivity index (χ0v) is 13.9. The predicted molar refractivity (Wildman–Crippen MR) is 91.9 cm³/mol. The lowest BCUT2D eigenvalue weighted by atomic mass is 9.90. The second kappa shape index (κ2) is 6.06. The number of carbonyl (C=O) groups excluding carboxylic acids is 1. The minimum atomic E-state index is -0.00107. The number of rotatable bonds is 4. The Bertz CT molecular complexity index is 695. The Morgan fingerprint density at radius 3 is 3.00 bits per heavy atom. The van der Waals surface area contributed by atoms with Gasteiger partial charge in [-0.2, -0.15) is 0 Å². The first-order valence-electron chi connectivity index (χ1n) is 8.26. The third kappa shape index (κ3) is 3.16. The van der Waals surface area contributed by atoms with Crippen LogP contribution in [0.2, 0.25) is 0 Å². The van der Waals surface area contributed by atoms with Crippen molar-refractivity contribution in [1.29, 1.82) is 0 Å². The topological polar surface area (TPSA) is 45.2 Å². The van der Waals surface area contributed by atoms with E-state index in [0.717, 1.165) is 42.2 Å². The zero-order chi connectivity index (χ0) is 15.7. The summed E-state index contributed by atoms with van der Waals surface area (Å²) < 4.78 is 0. The number of nitrogens with one attached hydrogen (secondary N) is 1. The Balaban J connectivity index is 1.43. The van der Waals surface area contributed by atoms with Crippen LogP contribution in [-0.2, 0) is 6.42 Å². The van der Waals surface area contributed by atoms with Gasteiger partial charge in [0.1, 0.15) is 4.88 Å². The number of carbonyl (C=O) groups is 1. The predicted octanol–water partition coefficient (Wildman–Crippen LogP) is 2.70.